The standard InChI is InChI=1S/C11H11FO3/c1-7-3-9(12)4-8(10(7)6-13)5-11(14)15-2/h3-4,6H,5H2,1-2H3. The maximum Gasteiger partial charge on any atom is 0.310 e. The number of rotatable bonds is 3. The van der Waals surface area contributed by atoms with Crippen molar-refractivity contribution in [2.75, 3.05) is 7.11 Å². The molecular weight excluding hydrogens is 199 g/mol. The number of methoxy groups -OCH3 is 1. The van der Waals surface area contributed by atoms with Gasteiger partial charge in [-0.15, -0.1) is 0 Å². The van der Waals surface area contributed by atoms with Gasteiger partial charge < -0.3 is 4.74 Å². The van der Waals surface area contributed by atoms with Crippen LogP contribution >= 0.6 is 0 Å². The van der Waals surface area contributed by atoms with Gasteiger partial charge in [0.25, 0.3) is 0 Å². The number of esters is 1. The average molecular weight is 210 g/mol. The number of aryl methyl sites for hydroxylation is 1. The van der Waals surface area contributed by atoms with Crippen LogP contribution in [0, 0.1) is 12.7 Å². The Morgan fingerprint density at radius 1 is 1.53 bits per heavy atom. The molecule has 80 valence electrons. The lowest BCUT2D eigenvalue weighted by Crippen LogP contribution is -2.08. The van der Waals surface area contributed by atoms with Gasteiger partial charge >= 0.3 is 5.97 Å². The second-order valence-corrected chi connectivity index (χ2v) is 3.17. The summed E-state index contributed by atoms with van der Waals surface area (Å²) < 4.78 is 17.5. The SMILES string of the molecule is COC(=O)Cc1cc(F)cc(C)c1C=O. The van der Waals surface area contributed by atoms with Crippen molar-refractivity contribution in [3.63, 3.8) is 0 Å². The molecular formula is C11H11FO3. The molecule has 1 rings (SSSR count). The number of aldehydes is 1. The molecule has 3 nitrogen and oxygen atoms in total. The molecule has 0 aliphatic heterocycles. The molecule has 0 saturated carbocycles. The Balaban J connectivity index is 3.14. The number of hydrogen-bond acceptors (Lipinski definition) is 3. The van der Waals surface area contributed by atoms with Crippen molar-refractivity contribution in [1.29, 1.82) is 0 Å². The fourth-order valence-electron chi connectivity index (χ4n) is 1.37. The summed E-state index contributed by atoms with van der Waals surface area (Å²) in [4.78, 5) is 21.8. The molecule has 15 heavy (non-hydrogen) atoms. The van der Waals surface area contributed by atoms with E-state index in [-0.39, 0.29) is 6.42 Å². The largest absolute Gasteiger partial charge is 0.469 e. The Hall–Kier alpha value is -1.71. The first-order chi connectivity index (χ1) is 7.08. The normalized spacial score (nSPS) is 9.80. The van der Waals surface area contributed by atoms with Crippen LogP contribution in [0.5, 0.6) is 0 Å². The number of carbonyl (C=O) groups is 2. The quantitative estimate of drug-likeness (QED) is 0.563. The Morgan fingerprint density at radius 2 is 2.20 bits per heavy atom. The Labute approximate surface area is 86.9 Å². The lowest BCUT2D eigenvalue weighted by atomic mass is 10.0. The second-order valence-electron chi connectivity index (χ2n) is 3.17. The summed E-state index contributed by atoms with van der Waals surface area (Å²) in [6, 6.07) is 2.43. The third-order valence-electron chi connectivity index (χ3n) is 2.12. The number of hydrogen-bond donors (Lipinski definition) is 0. The molecule has 0 aliphatic carbocycles. The summed E-state index contributed by atoms with van der Waals surface area (Å²) in [5.41, 5.74) is 1.22. The van der Waals surface area contributed by atoms with Crippen LogP contribution in [0.3, 0.4) is 0 Å². The second kappa shape index (κ2) is 4.68. The van der Waals surface area contributed by atoms with Crippen molar-refractivity contribution in [3.8, 4) is 0 Å². The van der Waals surface area contributed by atoms with Crippen LogP contribution in [-0.2, 0) is 16.0 Å². The summed E-state index contributed by atoms with van der Waals surface area (Å²) in [5, 5.41) is 0. The minimum atomic E-state index is -0.497. The maximum absolute atomic E-state index is 13.0. The molecule has 4 heteroatoms. The number of ether oxygens (including phenoxy) is 1. The van der Waals surface area contributed by atoms with Gasteiger partial charge in [-0.05, 0) is 30.2 Å². The van der Waals surface area contributed by atoms with Crippen LogP contribution in [0.25, 0.3) is 0 Å². The molecule has 0 aliphatic rings. The molecule has 0 spiro atoms. The highest BCUT2D eigenvalue weighted by molar-refractivity contribution is 5.83. The van der Waals surface area contributed by atoms with E-state index in [0.29, 0.717) is 23.0 Å². The fourth-order valence-corrected chi connectivity index (χ4v) is 1.37. The summed E-state index contributed by atoms with van der Waals surface area (Å²) in [7, 11) is 1.25. The van der Waals surface area contributed by atoms with Crippen molar-refractivity contribution < 1.29 is 18.7 Å². The van der Waals surface area contributed by atoms with Gasteiger partial charge in [0.15, 0.2) is 6.29 Å². The average Bonchev–Trinajstić information content (AvgIpc) is 2.17. The van der Waals surface area contributed by atoms with Crippen molar-refractivity contribution >= 4 is 12.3 Å². The van der Waals surface area contributed by atoms with Crippen molar-refractivity contribution in [2.24, 2.45) is 0 Å². The molecule has 1 aromatic rings. The highest BCUT2D eigenvalue weighted by Gasteiger charge is 2.11. The van der Waals surface area contributed by atoms with Gasteiger partial charge in [0.05, 0.1) is 13.5 Å². The lowest BCUT2D eigenvalue weighted by Gasteiger charge is -2.06. The summed E-state index contributed by atoms with van der Waals surface area (Å²) in [5.74, 6) is -0.958. The van der Waals surface area contributed by atoms with Gasteiger partial charge in [-0.2, -0.15) is 0 Å². The molecule has 0 saturated heterocycles. The first-order valence-electron chi connectivity index (χ1n) is 4.39. The van der Waals surface area contributed by atoms with Crippen LogP contribution in [0.15, 0.2) is 12.1 Å². The van der Waals surface area contributed by atoms with Gasteiger partial charge in [0, 0.05) is 5.56 Å². The molecule has 0 heterocycles. The third kappa shape index (κ3) is 2.62. The van der Waals surface area contributed by atoms with Crippen LogP contribution in [0.4, 0.5) is 4.39 Å². The lowest BCUT2D eigenvalue weighted by molar-refractivity contribution is -0.139. The Kier molecular flexibility index (Phi) is 3.55. The van der Waals surface area contributed by atoms with Crippen LogP contribution < -0.4 is 0 Å². The molecule has 0 amide bonds. The molecule has 0 bridgehead atoms. The van der Waals surface area contributed by atoms with Gasteiger partial charge in [-0.25, -0.2) is 4.39 Å². The highest BCUT2D eigenvalue weighted by atomic mass is 19.1. The van der Waals surface area contributed by atoms with E-state index in [1.807, 2.05) is 0 Å². The monoisotopic (exact) mass is 210 g/mol. The summed E-state index contributed by atoms with van der Waals surface area (Å²) >= 11 is 0. The predicted octanol–water partition coefficient (Wildman–Crippen LogP) is 1.66. The molecule has 0 radical (unpaired) electrons. The first kappa shape index (κ1) is 11.4. The topological polar surface area (TPSA) is 43.4 Å². The Bertz CT molecular complexity index is 399. The van der Waals surface area contributed by atoms with Gasteiger partial charge in [-0.1, -0.05) is 0 Å². The van der Waals surface area contributed by atoms with Crippen molar-refractivity contribution in [3.05, 3.63) is 34.6 Å². The molecule has 1 aromatic carbocycles. The smallest absolute Gasteiger partial charge is 0.310 e. The maximum atomic E-state index is 13.0. The van der Waals surface area contributed by atoms with E-state index >= 15 is 0 Å². The number of carbonyl (C=O) groups excluding carboxylic acids is 2. The van der Waals surface area contributed by atoms with E-state index in [9.17, 15) is 14.0 Å². The molecule has 0 unspecified atom stereocenters. The fraction of sp³-hybridized carbons (Fsp3) is 0.273. The summed E-state index contributed by atoms with van der Waals surface area (Å²) in [6.45, 7) is 1.62. The van der Waals surface area contributed by atoms with Crippen molar-refractivity contribution in [1.82, 2.24) is 0 Å². The molecule has 0 fully saturated rings. The van der Waals surface area contributed by atoms with E-state index in [2.05, 4.69) is 4.74 Å². The first-order valence-corrected chi connectivity index (χ1v) is 4.39. The zero-order valence-corrected chi connectivity index (χ0v) is 8.54. The Morgan fingerprint density at radius 3 is 2.73 bits per heavy atom. The van der Waals surface area contributed by atoms with Gasteiger partial charge in [-0.3, -0.25) is 9.59 Å². The molecule has 0 N–H and O–H groups in total. The zero-order valence-electron chi connectivity index (χ0n) is 8.54. The van der Waals surface area contributed by atoms with Crippen LogP contribution in [0.1, 0.15) is 21.5 Å². The van der Waals surface area contributed by atoms with Gasteiger partial charge in [0.1, 0.15) is 5.82 Å². The van der Waals surface area contributed by atoms with E-state index < -0.39 is 11.8 Å². The minimum absolute atomic E-state index is 0.0941. The van der Waals surface area contributed by atoms with Crippen molar-refractivity contribution in [2.45, 2.75) is 13.3 Å². The van der Waals surface area contributed by atoms with E-state index in [4.69, 9.17) is 0 Å². The van der Waals surface area contributed by atoms with Gasteiger partial charge in [0.2, 0.25) is 0 Å². The zero-order chi connectivity index (χ0) is 11.4. The van der Waals surface area contributed by atoms with Crippen LogP contribution in [0.2, 0.25) is 0 Å². The molecule has 0 aromatic heterocycles. The minimum Gasteiger partial charge on any atom is -0.469 e. The predicted molar refractivity (Wildman–Crippen MR) is 52.2 cm³/mol. The number of halogens is 1. The van der Waals surface area contributed by atoms with E-state index in [0.717, 1.165) is 0 Å². The highest BCUT2D eigenvalue weighted by Crippen LogP contribution is 2.15. The summed E-state index contributed by atoms with van der Waals surface area (Å²) in [6.07, 6.45) is 0.524. The third-order valence-corrected chi connectivity index (χ3v) is 2.12. The van der Waals surface area contributed by atoms with E-state index in [1.165, 1.54) is 19.2 Å². The number of benzene rings is 1. The van der Waals surface area contributed by atoms with Crippen LogP contribution in [-0.4, -0.2) is 19.4 Å². The molecule has 0 atom stereocenters. The van der Waals surface area contributed by atoms with E-state index in [1.54, 1.807) is 6.92 Å².